The first-order valence-corrected chi connectivity index (χ1v) is 9.12. The van der Waals surface area contributed by atoms with Crippen LogP contribution in [0.25, 0.3) is 0 Å². The maximum atomic E-state index is 11.1. The van der Waals surface area contributed by atoms with E-state index in [0.717, 1.165) is 18.5 Å². The van der Waals surface area contributed by atoms with E-state index in [4.69, 9.17) is 10.8 Å². The Morgan fingerprint density at radius 3 is 2.11 bits per heavy atom. The molecule has 0 amide bonds. The summed E-state index contributed by atoms with van der Waals surface area (Å²) in [5, 5.41) is 19.1. The van der Waals surface area contributed by atoms with Crippen molar-refractivity contribution in [2.75, 3.05) is 0 Å². The number of hydrogen-bond acceptors (Lipinski definition) is 2. The van der Waals surface area contributed by atoms with Crippen LogP contribution in [0.2, 0.25) is 0 Å². The van der Waals surface area contributed by atoms with Crippen molar-refractivity contribution in [3.63, 3.8) is 0 Å². The van der Waals surface area contributed by atoms with Gasteiger partial charge in [0.15, 0.2) is 0 Å². The second kappa shape index (κ2) is 6.41. The average molecular weight is 367 g/mol. The fraction of sp³-hybridized carbons (Fsp3) is 0.364. The van der Waals surface area contributed by atoms with Gasteiger partial charge >= 0.3 is 5.97 Å². The zero-order valence-corrected chi connectivity index (χ0v) is 16.3. The fourth-order valence-corrected chi connectivity index (χ4v) is 3.90. The number of aromatic carboxylic acids is 1. The average Bonchev–Trinajstić information content (AvgIpc) is 2.59. The molecule has 0 spiro atoms. The molecule has 5 nitrogen and oxygen atoms in total. The van der Waals surface area contributed by atoms with Gasteiger partial charge in [0.2, 0.25) is 6.34 Å². The van der Waals surface area contributed by atoms with E-state index in [1.807, 2.05) is 6.07 Å². The topological polar surface area (TPSA) is 86.6 Å². The number of fused-ring (bicyclic) bond motifs is 1. The number of aromatic hydroxyl groups is 1. The number of carboxylic acids is 1. The highest BCUT2D eigenvalue weighted by atomic mass is 16.4. The van der Waals surface area contributed by atoms with Crippen LogP contribution in [0.15, 0.2) is 36.4 Å². The van der Waals surface area contributed by atoms with Crippen molar-refractivity contribution in [3.05, 3.63) is 53.1 Å². The van der Waals surface area contributed by atoms with Crippen molar-refractivity contribution in [2.45, 2.75) is 51.4 Å². The third-order valence-electron chi connectivity index (χ3n) is 5.75. The summed E-state index contributed by atoms with van der Waals surface area (Å²) in [6, 6.07) is 10.8. The molecule has 0 bridgehead atoms. The van der Waals surface area contributed by atoms with Gasteiger partial charge in [-0.3, -0.25) is 5.73 Å². The van der Waals surface area contributed by atoms with Gasteiger partial charge in [0, 0.05) is 6.07 Å². The molecule has 0 atom stereocenters. The number of benzene rings is 2. The number of carboxylic acid groups (broad SMARTS) is 1. The first-order valence-electron chi connectivity index (χ1n) is 9.12. The first kappa shape index (κ1) is 19.0. The lowest BCUT2D eigenvalue weighted by Gasteiger charge is -2.41. The Balaban J connectivity index is 2.11. The molecule has 0 aromatic heterocycles. The minimum atomic E-state index is -1.17. The molecule has 5 heteroatoms. The maximum absolute atomic E-state index is 11.1. The van der Waals surface area contributed by atoms with E-state index in [0.29, 0.717) is 5.69 Å². The summed E-state index contributed by atoms with van der Waals surface area (Å²) in [5.74, 6) is -1.45. The molecule has 0 saturated heterocycles. The number of nitrogens with two attached hydrogens (primary N) is 1. The molecule has 27 heavy (non-hydrogen) atoms. The highest BCUT2D eigenvalue weighted by Crippen LogP contribution is 2.46. The maximum Gasteiger partial charge on any atom is 0.339 e. The molecule has 0 fully saturated rings. The molecule has 3 rings (SSSR count). The third kappa shape index (κ3) is 3.29. The normalized spacial score (nSPS) is 18.0. The summed E-state index contributed by atoms with van der Waals surface area (Å²) >= 11 is 0. The Morgan fingerprint density at radius 1 is 1.00 bits per heavy atom. The molecule has 0 saturated carbocycles. The highest BCUT2D eigenvalue weighted by Gasteiger charge is 2.37. The molecule has 0 aliphatic heterocycles. The van der Waals surface area contributed by atoms with E-state index >= 15 is 0 Å². The molecule has 142 valence electrons. The lowest BCUT2D eigenvalue weighted by molar-refractivity contribution is 0.0694. The molecule has 2 aromatic carbocycles. The van der Waals surface area contributed by atoms with Gasteiger partial charge in [-0.1, -0.05) is 33.8 Å². The predicted octanol–water partition coefficient (Wildman–Crippen LogP) is 4.26. The molecular weight excluding hydrogens is 340 g/mol. The fourth-order valence-electron chi connectivity index (χ4n) is 3.90. The Labute approximate surface area is 159 Å². The second-order valence-corrected chi connectivity index (χ2v) is 8.52. The summed E-state index contributed by atoms with van der Waals surface area (Å²) in [6.45, 7) is 9.07. The van der Waals surface area contributed by atoms with Crippen LogP contribution in [-0.2, 0) is 10.8 Å². The number of carbonyl (C=O) groups is 1. The van der Waals surface area contributed by atoms with Crippen LogP contribution >= 0.6 is 0 Å². The highest BCUT2D eigenvalue weighted by molar-refractivity contribution is 5.91. The minimum Gasteiger partial charge on any atom is -0.507 e. The van der Waals surface area contributed by atoms with E-state index in [1.165, 1.54) is 29.6 Å². The SMILES string of the molecule is CC1(C)CCC(C)(C)c2cc([N+](=CN)c3ccc(C(=O)O)c(O)c3)ccc21. The summed E-state index contributed by atoms with van der Waals surface area (Å²) < 4.78 is 1.75. The number of nitrogens with zero attached hydrogens (tertiary/aromatic N) is 1. The summed E-state index contributed by atoms with van der Waals surface area (Å²) in [6.07, 6.45) is 3.68. The van der Waals surface area contributed by atoms with Crippen molar-refractivity contribution in [2.24, 2.45) is 5.73 Å². The minimum absolute atomic E-state index is 0.0659. The molecule has 1 aliphatic rings. The Morgan fingerprint density at radius 2 is 1.56 bits per heavy atom. The monoisotopic (exact) mass is 367 g/mol. The molecule has 1 aliphatic carbocycles. The third-order valence-corrected chi connectivity index (χ3v) is 5.75. The zero-order chi connectivity index (χ0) is 20.0. The van der Waals surface area contributed by atoms with E-state index in [1.54, 1.807) is 10.6 Å². The molecular formula is C22H27N2O3+. The molecule has 0 unspecified atom stereocenters. The van der Waals surface area contributed by atoms with Gasteiger partial charge < -0.3 is 10.2 Å². The van der Waals surface area contributed by atoms with E-state index in [9.17, 15) is 9.90 Å². The zero-order valence-electron chi connectivity index (χ0n) is 16.3. The summed E-state index contributed by atoms with van der Waals surface area (Å²) in [5.41, 5.74) is 10.1. The lowest BCUT2D eigenvalue weighted by atomic mass is 9.63. The standard InChI is InChI=1S/C22H26N2O3/c1-21(2)9-10-22(3,4)18-11-14(6-8-17(18)21)24(13-23)15-5-7-16(20(26)27)19(25)12-15/h5-8,11-13,23H,9-10H2,1-4H3,(H2,25,26,27)/p+1. The van der Waals surface area contributed by atoms with Crippen molar-refractivity contribution in [1.82, 2.24) is 4.58 Å². The van der Waals surface area contributed by atoms with Crippen molar-refractivity contribution in [3.8, 4) is 5.75 Å². The van der Waals surface area contributed by atoms with Crippen molar-refractivity contribution >= 4 is 23.7 Å². The number of hydrogen-bond donors (Lipinski definition) is 3. The Kier molecular flexibility index (Phi) is 4.50. The Bertz CT molecular complexity index is 943. The van der Waals surface area contributed by atoms with Crippen LogP contribution in [0.3, 0.4) is 0 Å². The Hall–Kier alpha value is -2.82. The van der Waals surface area contributed by atoms with Gasteiger partial charge in [0.25, 0.3) is 0 Å². The van der Waals surface area contributed by atoms with E-state index in [-0.39, 0.29) is 22.1 Å². The van der Waals surface area contributed by atoms with Gasteiger partial charge in [-0.2, -0.15) is 4.58 Å². The van der Waals surface area contributed by atoms with Gasteiger partial charge in [-0.25, -0.2) is 4.79 Å². The van der Waals surface area contributed by atoms with E-state index in [2.05, 4.69) is 39.8 Å². The van der Waals surface area contributed by atoms with E-state index < -0.39 is 5.97 Å². The molecule has 2 aromatic rings. The number of phenols is 1. The summed E-state index contributed by atoms with van der Waals surface area (Å²) in [4.78, 5) is 11.1. The van der Waals surface area contributed by atoms with Crippen LogP contribution in [0.4, 0.5) is 11.4 Å². The second-order valence-electron chi connectivity index (χ2n) is 8.52. The molecule has 4 N–H and O–H groups in total. The predicted molar refractivity (Wildman–Crippen MR) is 108 cm³/mol. The van der Waals surface area contributed by atoms with Crippen molar-refractivity contribution < 1.29 is 15.0 Å². The number of rotatable bonds is 3. The molecule has 0 radical (unpaired) electrons. The van der Waals surface area contributed by atoms with Crippen LogP contribution in [0, 0.1) is 0 Å². The van der Waals surface area contributed by atoms with Crippen LogP contribution in [0.5, 0.6) is 5.75 Å². The quantitative estimate of drug-likeness (QED) is 0.430. The largest absolute Gasteiger partial charge is 0.507 e. The smallest absolute Gasteiger partial charge is 0.339 e. The van der Waals surface area contributed by atoms with Gasteiger partial charge in [0.1, 0.15) is 22.7 Å². The van der Waals surface area contributed by atoms with Crippen LogP contribution < -0.4 is 10.3 Å². The van der Waals surface area contributed by atoms with Crippen LogP contribution in [0.1, 0.15) is 62.0 Å². The lowest BCUT2D eigenvalue weighted by Crippen LogP contribution is -2.34. The molecule has 0 heterocycles. The van der Waals surface area contributed by atoms with Gasteiger partial charge in [-0.15, -0.1) is 0 Å². The van der Waals surface area contributed by atoms with Crippen LogP contribution in [-0.4, -0.2) is 22.5 Å². The first-order chi connectivity index (χ1) is 12.6. The van der Waals surface area contributed by atoms with Crippen molar-refractivity contribution in [1.29, 1.82) is 0 Å². The van der Waals surface area contributed by atoms with Gasteiger partial charge in [-0.05, 0) is 59.1 Å². The summed E-state index contributed by atoms with van der Waals surface area (Å²) in [7, 11) is 0. The van der Waals surface area contributed by atoms with Gasteiger partial charge in [0.05, 0.1) is 0 Å².